The van der Waals surface area contributed by atoms with Gasteiger partial charge in [0, 0.05) is 16.0 Å². The Hall–Kier alpha value is -0.650. The van der Waals surface area contributed by atoms with E-state index in [1.54, 1.807) is 23.5 Å². The molecule has 2 aromatic rings. The Morgan fingerprint density at radius 3 is 2.16 bits per heavy atom. The summed E-state index contributed by atoms with van der Waals surface area (Å²) in [6.45, 7) is 4.19. The van der Waals surface area contributed by atoms with E-state index in [-0.39, 0.29) is 4.83 Å². The fraction of sp³-hybridized carbons (Fsp3) is 0.286. The third kappa shape index (κ3) is 3.27. The van der Waals surface area contributed by atoms with Crippen molar-refractivity contribution in [3.8, 4) is 0 Å². The Labute approximate surface area is 126 Å². The molecule has 102 valence electrons. The average Bonchev–Trinajstić information content (AvgIpc) is 2.66. The highest BCUT2D eigenvalue weighted by atomic mass is 79.9. The first-order chi connectivity index (χ1) is 8.79. The average molecular weight is 359 g/mol. The third-order valence-corrected chi connectivity index (χ3v) is 6.55. The van der Waals surface area contributed by atoms with Gasteiger partial charge in [-0.05, 0) is 43.2 Å². The van der Waals surface area contributed by atoms with Crippen molar-refractivity contribution in [2.75, 3.05) is 6.26 Å². The van der Waals surface area contributed by atoms with Crippen LogP contribution in [0.1, 0.15) is 25.7 Å². The van der Waals surface area contributed by atoms with E-state index in [4.69, 9.17) is 0 Å². The molecule has 5 heteroatoms. The minimum absolute atomic E-state index is 0.111. The van der Waals surface area contributed by atoms with Gasteiger partial charge in [-0.15, -0.1) is 11.3 Å². The second-order valence-corrected chi connectivity index (χ2v) is 8.83. The van der Waals surface area contributed by atoms with Gasteiger partial charge in [-0.3, -0.25) is 0 Å². The molecule has 2 nitrogen and oxygen atoms in total. The molecular formula is C14H15BrO2S2. The van der Waals surface area contributed by atoms with E-state index >= 15 is 0 Å². The van der Waals surface area contributed by atoms with Gasteiger partial charge in [-0.1, -0.05) is 28.1 Å². The first-order valence-electron chi connectivity index (χ1n) is 5.80. The lowest BCUT2D eigenvalue weighted by atomic mass is 10.1. The maximum absolute atomic E-state index is 11.4. The molecule has 1 atom stereocenters. The Morgan fingerprint density at radius 1 is 1.16 bits per heavy atom. The molecule has 19 heavy (non-hydrogen) atoms. The molecular weight excluding hydrogens is 344 g/mol. The molecule has 0 spiro atoms. The summed E-state index contributed by atoms with van der Waals surface area (Å²) in [5.41, 5.74) is 2.33. The van der Waals surface area contributed by atoms with Gasteiger partial charge in [-0.2, -0.15) is 0 Å². The van der Waals surface area contributed by atoms with Crippen molar-refractivity contribution >= 4 is 37.1 Å². The Balaban J connectivity index is 2.35. The first kappa shape index (κ1) is 14.8. The number of alkyl halides is 1. The predicted octanol–water partition coefficient (Wildman–Crippen LogP) is 4.25. The summed E-state index contributed by atoms with van der Waals surface area (Å²) >= 11 is 5.46. The van der Waals surface area contributed by atoms with E-state index in [1.165, 1.54) is 21.6 Å². The molecule has 2 rings (SSSR count). The van der Waals surface area contributed by atoms with Crippen LogP contribution >= 0.6 is 27.3 Å². The van der Waals surface area contributed by atoms with Gasteiger partial charge in [0.2, 0.25) is 0 Å². The van der Waals surface area contributed by atoms with Crippen LogP contribution < -0.4 is 0 Å². The highest BCUT2D eigenvalue weighted by Crippen LogP contribution is 2.37. The van der Waals surface area contributed by atoms with Crippen LogP contribution in [-0.4, -0.2) is 14.7 Å². The number of sulfone groups is 1. The number of rotatable bonds is 3. The number of benzene rings is 1. The van der Waals surface area contributed by atoms with Crippen molar-refractivity contribution in [1.29, 1.82) is 0 Å². The second-order valence-electron chi connectivity index (χ2n) is 4.61. The molecule has 1 unspecified atom stereocenters. The zero-order valence-electron chi connectivity index (χ0n) is 11.0. The third-order valence-electron chi connectivity index (χ3n) is 2.91. The summed E-state index contributed by atoms with van der Waals surface area (Å²) in [6.07, 6.45) is 1.22. The molecule has 0 saturated carbocycles. The van der Waals surface area contributed by atoms with Crippen LogP contribution in [0.4, 0.5) is 0 Å². The zero-order valence-corrected chi connectivity index (χ0v) is 14.2. The molecule has 0 aliphatic heterocycles. The maximum Gasteiger partial charge on any atom is 0.175 e. The Bertz CT molecular complexity index is 685. The van der Waals surface area contributed by atoms with Gasteiger partial charge >= 0.3 is 0 Å². The highest BCUT2D eigenvalue weighted by molar-refractivity contribution is 9.09. The SMILES string of the molecule is Cc1cc(C)c(C(Br)c2ccc(S(C)(=O)=O)cc2)s1. The van der Waals surface area contributed by atoms with Gasteiger partial charge in [0.05, 0.1) is 9.72 Å². The van der Waals surface area contributed by atoms with Gasteiger partial charge < -0.3 is 0 Å². The topological polar surface area (TPSA) is 34.1 Å². The van der Waals surface area contributed by atoms with Crippen molar-refractivity contribution in [2.45, 2.75) is 23.6 Å². The van der Waals surface area contributed by atoms with Crippen LogP contribution in [-0.2, 0) is 9.84 Å². The van der Waals surface area contributed by atoms with E-state index < -0.39 is 9.84 Å². The quantitative estimate of drug-likeness (QED) is 0.768. The molecule has 0 N–H and O–H groups in total. The standard InChI is InChI=1S/C14H15BrO2S2/c1-9-8-10(2)18-14(9)13(15)11-4-6-12(7-5-11)19(3,16)17/h4-8,13H,1-3H3. The molecule has 1 aromatic carbocycles. The summed E-state index contributed by atoms with van der Waals surface area (Å²) < 4.78 is 22.9. The van der Waals surface area contributed by atoms with E-state index in [0.29, 0.717) is 4.90 Å². The monoisotopic (exact) mass is 358 g/mol. The normalized spacial score (nSPS) is 13.5. The number of thiophene rings is 1. The van der Waals surface area contributed by atoms with Crippen LogP contribution in [0.25, 0.3) is 0 Å². The lowest BCUT2D eigenvalue weighted by molar-refractivity contribution is 0.602. The van der Waals surface area contributed by atoms with Crippen molar-refractivity contribution < 1.29 is 8.42 Å². The molecule has 0 saturated heterocycles. The maximum atomic E-state index is 11.4. The van der Waals surface area contributed by atoms with Crippen LogP contribution in [0.3, 0.4) is 0 Å². The molecule has 0 bridgehead atoms. The minimum atomic E-state index is -3.13. The molecule has 1 heterocycles. The largest absolute Gasteiger partial charge is 0.224 e. The van der Waals surface area contributed by atoms with Crippen LogP contribution in [0.15, 0.2) is 35.2 Å². The molecule has 0 radical (unpaired) electrons. The van der Waals surface area contributed by atoms with Crippen molar-refractivity contribution in [1.82, 2.24) is 0 Å². The summed E-state index contributed by atoms with van der Waals surface area (Å²) in [6, 6.07) is 9.22. The fourth-order valence-corrected chi connectivity index (χ4v) is 4.57. The second kappa shape index (κ2) is 5.38. The van der Waals surface area contributed by atoms with Crippen LogP contribution in [0.5, 0.6) is 0 Å². The van der Waals surface area contributed by atoms with Crippen molar-refractivity contribution in [3.05, 3.63) is 51.2 Å². The fourth-order valence-electron chi connectivity index (χ4n) is 1.95. The van der Waals surface area contributed by atoms with E-state index in [0.717, 1.165) is 5.56 Å². The Morgan fingerprint density at radius 2 is 1.74 bits per heavy atom. The lowest BCUT2D eigenvalue weighted by Gasteiger charge is -2.10. The molecule has 0 fully saturated rings. The minimum Gasteiger partial charge on any atom is -0.224 e. The van der Waals surface area contributed by atoms with Crippen LogP contribution in [0.2, 0.25) is 0 Å². The zero-order chi connectivity index (χ0) is 14.2. The van der Waals surface area contributed by atoms with E-state index in [2.05, 4.69) is 35.8 Å². The molecule has 0 amide bonds. The highest BCUT2D eigenvalue weighted by Gasteiger charge is 2.16. The number of halogens is 1. The van der Waals surface area contributed by atoms with Gasteiger partial charge in [0.25, 0.3) is 0 Å². The lowest BCUT2D eigenvalue weighted by Crippen LogP contribution is -1.98. The first-order valence-corrected chi connectivity index (χ1v) is 9.42. The van der Waals surface area contributed by atoms with Crippen molar-refractivity contribution in [3.63, 3.8) is 0 Å². The van der Waals surface area contributed by atoms with E-state index in [9.17, 15) is 8.42 Å². The van der Waals surface area contributed by atoms with Gasteiger partial charge in [-0.25, -0.2) is 8.42 Å². The molecule has 1 aromatic heterocycles. The number of hydrogen-bond donors (Lipinski definition) is 0. The predicted molar refractivity (Wildman–Crippen MR) is 84.1 cm³/mol. The van der Waals surface area contributed by atoms with Crippen LogP contribution in [0, 0.1) is 13.8 Å². The number of aryl methyl sites for hydroxylation is 2. The summed E-state index contributed by atoms with van der Waals surface area (Å²) in [5, 5.41) is 0. The van der Waals surface area contributed by atoms with Crippen molar-refractivity contribution in [2.24, 2.45) is 0 Å². The molecule has 0 aliphatic rings. The summed E-state index contributed by atoms with van der Waals surface area (Å²) in [4.78, 5) is 3.02. The summed E-state index contributed by atoms with van der Waals surface area (Å²) in [5.74, 6) is 0. The smallest absolute Gasteiger partial charge is 0.175 e. The Kier molecular flexibility index (Phi) is 4.18. The summed E-state index contributed by atoms with van der Waals surface area (Å²) in [7, 11) is -3.13. The van der Waals surface area contributed by atoms with E-state index in [1.807, 2.05) is 12.1 Å². The van der Waals surface area contributed by atoms with Gasteiger partial charge in [0.15, 0.2) is 9.84 Å². The van der Waals surface area contributed by atoms with Gasteiger partial charge in [0.1, 0.15) is 0 Å². The number of hydrogen-bond acceptors (Lipinski definition) is 3. The molecule has 0 aliphatic carbocycles.